The highest BCUT2D eigenvalue weighted by Gasteiger charge is 2.28. The van der Waals surface area contributed by atoms with E-state index in [1.54, 1.807) is 0 Å². The summed E-state index contributed by atoms with van der Waals surface area (Å²) in [4.78, 5) is 17.0. The molecule has 7 heteroatoms. The highest BCUT2D eigenvalue weighted by molar-refractivity contribution is 7.91. The van der Waals surface area contributed by atoms with Gasteiger partial charge in [0.05, 0.1) is 22.5 Å². The zero-order valence-electron chi connectivity index (χ0n) is 14.8. The minimum Gasteiger partial charge on any atom is -0.352 e. The van der Waals surface area contributed by atoms with Crippen LogP contribution >= 0.6 is 0 Å². The lowest BCUT2D eigenvalue weighted by Crippen LogP contribution is -2.35. The molecule has 6 nitrogen and oxygen atoms in total. The van der Waals surface area contributed by atoms with Gasteiger partial charge in [0.2, 0.25) is 5.91 Å². The Hall–Kier alpha value is -2.67. The van der Waals surface area contributed by atoms with Gasteiger partial charge in [-0.25, -0.2) is 13.4 Å². The molecular formula is C20H21N3O3S. The lowest BCUT2D eigenvalue weighted by atomic mass is 10.2. The maximum Gasteiger partial charge on any atom is 0.220 e. The van der Waals surface area contributed by atoms with Gasteiger partial charge in [-0.15, -0.1) is 0 Å². The molecule has 1 aliphatic heterocycles. The molecular weight excluding hydrogens is 362 g/mol. The third-order valence-electron chi connectivity index (χ3n) is 4.82. The number of fused-ring (bicyclic) bond motifs is 1. The van der Waals surface area contributed by atoms with Gasteiger partial charge in [-0.1, -0.05) is 30.3 Å². The molecule has 1 aromatic heterocycles. The fourth-order valence-electron chi connectivity index (χ4n) is 3.54. The lowest BCUT2D eigenvalue weighted by molar-refractivity contribution is -0.121. The number of nitrogens with one attached hydrogen (secondary N) is 1. The molecule has 1 saturated heterocycles. The lowest BCUT2D eigenvalue weighted by Gasteiger charge is -2.12. The Morgan fingerprint density at radius 2 is 1.85 bits per heavy atom. The molecule has 0 bridgehead atoms. The van der Waals surface area contributed by atoms with E-state index in [0.717, 1.165) is 22.5 Å². The molecule has 3 aromatic rings. The smallest absolute Gasteiger partial charge is 0.220 e. The van der Waals surface area contributed by atoms with Crippen LogP contribution in [0.1, 0.15) is 18.7 Å². The molecule has 2 aromatic carbocycles. The largest absolute Gasteiger partial charge is 0.352 e. The number of amides is 1. The number of hydrogen-bond donors (Lipinski definition) is 1. The Morgan fingerprint density at radius 1 is 1.11 bits per heavy atom. The van der Waals surface area contributed by atoms with Gasteiger partial charge in [0, 0.05) is 24.6 Å². The van der Waals surface area contributed by atoms with Crippen LogP contribution in [0.4, 0.5) is 0 Å². The second-order valence-corrected chi connectivity index (χ2v) is 9.08. The Morgan fingerprint density at radius 3 is 2.59 bits per heavy atom. The maximum atomic E-state index is 12.3. The summed E-state index contributed by atoms with van der Waals surface area (Å²) in [7, 11) is -3.00. The zero-order valence-corrected chi connectivity index (χ0v) is 15.7. The van der Waals surface area contributed by atoms with E-state index in [-0.39, 0.29) is 29.9 Å². The molecule has 1 atom stereocenters. The first kappa shape index (κ1) is 17.7. The number of imidazole rings is 1. The number of nitrogens with zero attached hydrogens (tertiary/aromatic N) is 2. The van der Waals surface area contributed by atoms with E-state index in [9.17, 15) is 13.2 Å². The Labute approximate surface area is 158 Å². The van der Waals surface area contributed by atoms with Crippen LogP contribution in [0.2, 0.25) is 0 Å². The maximum absolute atomic E-state index is 12.3. The van der Waals surface area contributed by atoms with Gasteiger partial charge in [0.25, 0.3) is 0 Å². The number of benzene rings is 2. The predicted molar refractivity (Wildman–Crippen MR) is 105 cm³/mol. The summed E-state index contributed by atoms with van der Waals surface area (Å²) in [6.07, 6.45) is 1.25. The van der Waals surface area contributed by atoms with Crippen molar-refractivity contribution >= 4 is 26.8 Å². The normalized spacial score (nSPS) is 18.6. The Kier molecular flexibility index (Phi) is 4.70. The number of para-hydroxylation sites is 3. The third-order valence-corrected chi connectivity index (χ3v) is 6.59. The summed E-state index contributed by atoms with van der Waals surface area (Å²) in [5, 5.41) is 2.84. The first-order valence-electron chi connectivity index (χ1n) is 9.03. The van der Waals surface area contributed by atoms with Gasteiger partial charge in [-0.3, -0.25) is 9.36 Å². The average Bonchev–Trinajstić information content (AvgIpc) is 3.20. The van der Waals surface area contributed by atoms with E-state index in [4.69, 9.17) is 4.98 Å². The second kappa shape index (κ2) is 7.15. The van der Waals surface area contributed by atoms with Gasteiger partial charge in [0.15, 0.2) is 9.84 Å². The van der Waals surface area contributed by atoms with E-state index >= 15 is 0 Å². The molecule has 27 heavy (non-hydrogen) atoms. The topological polar surface area (TPSA) is 81.1 Å². The van der Waals surface area contributed by atoms with Crippen molar-refractivity contribution in [2.24, 2.45) is 0 Å². The van der Waals surface area contributed by atoms with Crippen molar-refractivity contribution in [2.75, 3.05) is 11.5 Å². The number of carbonyl (C=O) groups excluding carboxylic acids is 1. The highest BCUT2D eigenvalue weighted by atomic mass is 32.2. The number of carbonyl (C=O) groups is 1. The van der Waals surface area contributed by atoms with Crippen molar-refractivity contribution in [3.63, 3.8) is 0 Å². The molecule has 0 aliphatic carbocycles. The quantitative estimate of drug-likeness (QED) is 0.733. The van der Waals surface area contributed by atoms with E-state index in [1.807, 2.05) is 54.6 Å². The molecule has 0 radical (unpaired) electrons. The van der Waals surface area contributed by atoms with Crippen LogP contribution in [-0.4, -0.2) is 41.4 Å². The van der Waals surface area contributed by atoms with Crippen molar-refractivity contribution in [3.8, 4) is 5.69 Å². The van der Waals surface area contributed by atoms with Crippen LogP contribution in [0.15, 0.2) is 54.6 Å². The van der Waals surface area contributed by atoms with Crippen LogP contribution < -0.4 is 5.32 Å². The van der Waals surface area contributed by atoms with Gasteiger partial charge in [0.1, 0.15) is 5.82 Å². The molecule has 1 fully saturated rings. The molecule has 1 aliphatic rings. The summed E-state index contributed by atoms with van der Waals surface area (Å²) in [6.45, 7) is 0. The summed E-state index contributed by atoms with van der Waals surface area (Å²) in [6, 6.07) is 17.6. The first-order chi connectivity index (χ1) is 13.0. The fraction of sp³-hybridized carbons (Fsp3) is 0.300. The average molecular weight is 383 g/mol. The van der Waals surface area contributed by atoms with E-state index in [2.05, 4.69) is 9.88 Å². The van der Waals surface area contributed by atoms with Gasteiger partial charge in [-0.05, 0) is 30.7 Å². The summed E-state index contributed by atoms with van der Waals surface area (Å²) in [5.74, 6) is 0.878. The zero-order chi connectivity index (χ0) is 18.9. The number of aromatic nitrogens is 2. The summed E-state index contributed by atoms with van der Waals surface area (Å²) in [5.41, 5.74) is 2.89. The van der Waals surface area contributed by atoms with Crippen molar-refractivity contribution < 1.29 is 13.2 Å². The molecule has 1 amide bonds. The van der Waals surface area contributed by atoms with Crippen LogP contribution in [0.25, 0.3) is 16.7 Å². The molecule has 0 saturated carbocycles. The highest BCUT2D eigenvalue weighted by Crippen LogP contribution is 2.22. The van der Waals surface area contributed by atoms with Crippen LogP contribution in [0.5, 0.6) is 0 Å². The number of aryl methyl sites for hydroxylation is 1. The molecule has 1 unspecified atom stereocenters. The van der Waals surface area contributed by atoms with E-state index < -0.39 is 9.84 Å². The predicted octanol–water partition coefficient (Wildman–Crippen LogP) is 2.26. The SMILES string of the molecule is O=C(CCc1nc2ccccc2n1-c1ccccc1)NC1CCS(=O)(=O)C1. The molecule has 2 heterocycles. The molecule has 4 rings (SSSR count). The van der Waals surface area contributed by atoms with Crippen molar-refractivity contribution in [2.45, 2.75) is 25.3 Å². The summed E-state index contributed by atoms with van der Waals surface area (Å²) < 4.78 is 25.1. The number of rotatable bonds is 5. The summed E-state index contributed by atoms with van der Waals surface area (Å²) >= 11 is 0. The third kappa shape index (κ3) is 3.88. The minimum atomic E-state index is -3.00. The number of sulfone groups is 1. The van der Waals surface area contributed by atoms with Gasteiger partial charge >= 0.3 is 0 Å². The fourth-order valence-corrected chi connectivity index (χ4v) is 5.22. The molecule has 0 spiro atoms. The van der Waals surface area contributed by atoms with Gasteiger partial charge < -0.3 is 5.32 Å². The monoisotopic (exact) mass is 383 g/mol. The minimum absolute atomic E-state index is 0.0429. The molecule has 140 valence electrons. The Bertz CT molecular complexity index is 1070. The standard InChI is InChI=1S/C20H21N3O3S/c24-20(21-15-12-13-27(25,26)14-15)11-10-19-22-17-8-4-5-9-18(17)23(19)16-6-2-1-3-7-16/h1-9,15H,10-14H2,(H,21,24). The van der Waals surface area contributed by atoms with Crippen LogP contribution in [-0.2, 0) is 21.1 Å². The molecule has 1 N–H and O–H groups in total. The van der Waals surface area contributed by atoms with Crippen molar-refractivity contribution in [3.05, 3.63) is 60.4 Å². The second-order valence-electron chi connectivity index (χ2n) is 6.86. The van der Waals surface area contributed by atoms with Crippen LogP contribution in [0.3, 0.4) is 0 Å². The number of hydrogen-bond acceptors (Lipinski definition) is 4. The van der Waals surface area contributed by atoms with E-state index in [1.165, 1.54) is 0 Å². The van der Waals surface area contributed by atoms with Crippen molar-refractivity contribution in [1.29, 1.82) is 0 Å². The Balaban J connectivity index is 1.53. The van der Waals surface area contributed by atoms with E-state index in [0.29, 0.717) is 12.8 Å². The van der Waals surface area contributed by atoms with Gasteiger partial charge in [-0.2, -0.15) is 0 Å². The first-order valence-corrected chi connectivity index (χ1v) is 10.9. The van der Waals surface area contributed by atoms with Crippen molar-refractivity contribution in [1.82, 2.24) is 14.9 Å². The van der Waals surface area contributed by atoms with Crippen LogP contribution in [0, 0.1) is 0 Å².